The summed E-state index contributed by atoms with van der Waals surface area (Å²) in [6.45, 7) is 0. The van der Waals surface area contributed by atoms with Crippen molar-refractivity contribution in [1.29, 1.82) is 5.26 Å². The summed E-state index contributed by atoms with van der Waals surface area (Å²) in [5, 5.41) is 9.47. The molecule has 0 amide bonds. The van der Waals surface area contributed by atoms with Crippen LogP contribution in [-0.4, -0.2) is 0 Å². The molecule has 2 aromatic rings. The zero-order chi connectivity index (χ0) is 12.3. The highest BCUT2D eigenvalue weighted by molar-refractivity contribution is 6.32. The Morgan fingerprint density at radius 2 is 1.88 bits per heavy atom. The Bertz CT molecular complexity index is 590. The summed E-state index contributed by atoms with van der Waals surface area (Å²) in [7, 11) is 0. The molecule has 0 saturated carbocycles. The SMILES string of the molecule is N#Cc1cc(N)ccc1Oc1ccccc1Cl. The first-order valence-electron chi connectivity index (χ1n) is 4.92. The van der Waals surface area contributed by atoms with Gasteiger partial charge in [0.15, 0.2) is 0 Å². The van der Waals surface area contributed by atoms with Crippen molar-refractivity contribution in [2.75, 3.05) is 5.73 Å². The van der Waals surface area contributed by atoms with E-state index in [-0.39, 0.29) is 0 Å². The number of anilines is 1. The summed E-state index contributed by atoms with van der Waals surface area (Å²) < 4.78 is 5.58. The molecule has 0 radical (unpaired) electrons. The maximum absolute atomic E-state index is 8.97. The lowest BCUT2D eigenvalue weighted by Gasteiger charge is -2.08. The number of rotatable bonds is 2. The summed E-state index contributed by atoms with van der Waals surface area (Å²) in [5.74, 6) is 0.949. The van der Waals surface area contributed by atoms with E-state index in [1.54, 1.807) is 30.3 Å². The molecule has 0 fully saturated rings. The van der Waals surface area contributed by atoms with Gasteiger partial charge in [-0.25, -0.2) is 0 Å². The fourth-order valence-corrected chi connectivity index (χ4v) is 1.54. The standard InChI is InChI=1S/C13H9ClN2O/c14-11-3-1-2-4-13(11)17-12-6-5-10(16)7-9(12)8-15/h1-7H,16H2. The Labute approximate surface area is 104 Å². The van der Waals surface area contributed by atoms with Gasteiger partial charge in [0.2, 0.25) is 0 Å². The summed E-state index contributed by atoms with van der Waals surface area (Å²) in [5.41, 5.74) is 6.49. The average Bonchev–Trinajstić information content (AvgIpc) is 2.34. The second-order valence-corrected chi connectivity index (χ2v) is 3.81. The van der Waals surface area contributed by atoms with Crippen LogP contribution in [0.25, 0.3) is 0 Å². The molecule has 0 spiro atoms. The van der Waals surface area contributed by atoms with E-state index < -0.39 is 0 Å². The molecule has 0 heterocycles. The van der Waals surface area contributed by atoms with Crippen LogP contribution in [0.15, 0.2) is 42.5 Å². The highest BCUT2D eigenvalue weighted by atomic mass is 35.5. The largest absolute Gasteiger partial charge is 0.454 e. The summed E-state index contributed by atoms with van der Waals surface area (Å²) in [6, 6.07) is 14.0. The Morgan fingerprint density at radius 1 is 1.12 bits per heavy atom. The van der Waals surface area contributed by atoms with Crippen molar-refractivity contribution in [3.05, 3.63) is 53.1 Å². The number of ether oxygens (including phenoxy) is 1. The lowest BCUT2D eigenvalue weighted by molar-refractivity contribution is 0.481. The fourth-order valence-electron chi connectivity index (χ4n) is 1.37. The minimum atomic E-state index is 0.380. The minimum Gasteiger partial charge on any atom is -0.454 e. The molecule has 0 aromatic heterocycles. The number of nitrogen functional groups attached to an aromatic ring is 1. The Hall–Kier alpha value is -2.18. The first kappa shape index (κ1) is 11.3. The quantitative estimate of drug-likeness (QED) is 0.822. The van der Waals surface area contributed by atoms with Crippen LogP contribution >= 0.6 is 11.6 Å². The number of nitrogens with two attached hydrogens (primary N) is 1. The molecule has 3 nitrogen and oxygen atoms in total. The van der Waals surface area contributed by atoms with Gasteiger partial charge in [-0.3, -0.25) is 0 Å². The molecule has 0 aliphatic carbocycles. The third-order valence-electron chi connectivity index (χ3n) is 2.18. The van der Waals surface area contributed by atoms with Crippen molar-refractivity contribution in [2.24, 2.45) is 0 Å². The number of nitrogens with zero attached hydrogens (tertiary/aromatic N) is 1. The number of para-hydroxylation sites is 1. The van der Waals surface area contributed by atoms with Crippen molar-refractivity contribution in [3.8, 4) is 17.6 Å². The van der Waals surface area contributed by atoms with Crippen LogP contribution in [0.5, 0.6) is 11.5 Å². The Kier molecular flexibility index (Phi) is 3.17. The molecule has 2 N–H and O–H groups in total. The van der Waals surface area contributed by atoms with Crippen molar-refractivity contribution in [2.45, 2.75) is 0 Å². The summed E-state index contributed by atoms with van der Waals surface area (Å²) in [6.07, 6.45) is 0. The molecule has 4 heteroatoms. The van der Waals surface area contributed by atoms with Crippen LogP contribution in [0.1, 0.15) is 5.56 Å². The lowest BCUT2D eigenvalue weighted by Crippen LogP contribution is -1.91. The van der Waals surface area contributed by atoms with Gasteiger partial charge in [-0.2, -0.15) is 5.26 Å². The highest BCUT2D eigenvalue weighted by Crippen LogP contribution is 2.31. The molecular weight excluding hydrogens is 236 g/mol. The highest BCUT2D eigenvalue weighted by Gasteiger charge is 2.07. The maximum Gasteiger partial charge on any atom is 0.146 e. The van der Waals surface area contributed by atoms with Crippen LogP contribution in [0.3, 0.4) is 0 Å². The van der Waals surface area contributed by atoms with E-state index in [1.807, 2.05) is 18.2 Å². The van der Waals surface area contributed by atoms with E-state index in [9.17, 15) is 0 Å². The third kappa shape index (κ3) is 2.49. The monoisotopic (exact) mass is 244 g/mol. The molecule has 0 aliphatic rings. The first-order valence-corrected chi connectivity index (χ1v) is 5.30. The van der Waals surface area contributed by atoms with Crippen molar-refractivity contribution in [1.82, 2.24) is 0 Å². The predicted octanol–water partition coefficient (Wildman–Crippen LogP) is 3.59. The molecule has 0 bridgehead atoms. The van der Waals surface area contributed by atoms with Gasteiger partial charge in [0.25, 0.3) is 0 Å². The van der Waals surface area contributed by atoms with Gasteiger partial charge in [0, 0.05) is 5.69 Å². The van der Waals surface area contributed by atoms with Gasteiger partial charge in [0.1, 0.15) is 17.6 Å². The van der Waals surface area contributed by atoms with E-state index in [2.05, 4.69) is 0 Å². The zero-order valence-electron chi connectivity index (χ0n) is 8.85. The van der Waals surface area contributed by atoms with E-state index in [1.165, 1.54) is 0 Å². The second-order valence-electron chi connectivity index (χ2n) is 3.40. The van der Waals surface area contributed by atoms with E-state index in [0.717, 1.165) is 0 Å². The summed E-state index contributed by atoms with van der Waals surface area (Å²) >= 11 is 5.97. The molecule has 84 valence electrons. The number of halogens is 1. The van der Waals surface area contributed by atoms with Crippen LogP contribution in [0.2, 0.25) is 5.02 Å². The van der Waals surface area contributed by atoms with Crippen LogP contribution in [-0.2, 0) is 0 Å². The normalized spacial score (nSPS) is 9.65. The predicted molar refractivity (Wildman–Crippen MR) is 67.1 cm³/mol. The van der Waals surface area contributed by atoms with Crippen LogP contribution in [0.4, 0.5) is 5.69 Å². The van der Waals surface area contributed by atoms with Gasteiger partial charge in [-0.1, -0.05) is 23.7 Å². The van der Waals surface area contributed by atoms with Crippen molar-refractivity contribution >= 4 is 17.3 Å². The molecule has 0 aliphatic heterocycles. The second kappa shape index (κ2) is 4.77. The molecule has 0 unspecified atom stereocenters. The molecular formula is C13H9ClN2O. The molecule has 2 aromatic carbocycles. The topological polar surface area (TPSA) is 59.0 Å². The van der Waals surface area contributed by atoms with Gasteiger partial charge < -0.3 is 10.5 Å². The smallest absolute Gasteiger partial charge is 0.146 e. The van der Waals surface area contributed by atoms with E-state index in [4.69, 9.17) is 27.3 Å². The van der Waals surface area contributed by atoms with Gasteiger partial charge >= 0.3 is 0 Å². The molecule has 2 rings (SSSR count). The number of nitriles is 1. The van der Waals surface area contributed by atoms with Crippen molar-refractivity contribution < 1.29 is 4.74 Å². The lowest BCUT2D eigenvalue weighted by atomic mass is 10.2. The molecule has 0 atom stereocenters. The zero-order valence-corrected chi connectivity index (χ0v) is 9.61. The van der Waals surface area contributed by atoms with Crippen LogP contribution in [0, 0.1) is 11.3 Å². The van der Waals surface area contributed by atoms with Gasteiger partial charge in [-0.15, -0.1) is 0 Å². The summed E-state index contributed by atoms with van der Waals surface area (Å²) in [4.78, 5) is 0. The minimum absolute atomic E-state index is 0.380. The first-order chi connectivity index (χ1) is 8.20. The number of hydrogen-bond donors (Lipinski definition) is 1. The number of hydrogen-bond acceptors (Lipinski definition) is 3. The molecule has 17 heavy (non-hydrogen) atoms. The van der Waals surface area contributed by atoms with Gasteiger partial charge in [-0.05, 0) is 30.3 Å². The number of benzene rings is 2. The maximum atomic E-state index is 8.97. The Morgan fingerprint density at radius 3 is 2.59 bits per heavy atom. The third-order valence-corrected chi connectivity index (χ3v) is 2.49. The van der Waals surface area contributed by atoms with E-state index >= 15 is 0 Å². The van der Waals surface area contributed by atoms with Gasteiger partial charge in [0.05, 0.1) is 10.6 Å². The van der Waals surface area contributed by atoms with E-state index in [0.29, 0.717) is 27.8 Å². The van der Waals surface area contributed by atoms with Crippen molar-refractivity contribution in [3.63, 3.8) is 0 Å². The molecule has 0 saturated heterocycles. The average molecular weight is 245 g/mol. The fraction of sp³-hybridized carbons (Fsp3) is 0. The van der Waals surface area contributed by atoms with Crippen LogP contribution < -0.4 is 10.5 Å². The Balaban J connectivity index is 2.37.